The van der Waals surface area contributed by atoms with E-state index >= 15 is 0 Å². The van der Waals surface area contributed by atoms with Crippen LogP contribution in [0.1, 0.15) is 19.8 Å². The minimum absolute atomic E-state index is 0.00655. The summed E-state index contributed by atoms with van der Waals surface area (Å²) >= 11 is 3.22. The van der Waals surface area contributed by atoms with Crippen LogP contribution in [0.4, 0.5) is 5.69 Å². The van der Waals surface area contributed by atoms with E-state index in [9.17, 15) is 13.2 Å². The fourth-order valence-corrected chi connectivity index (χ4v) is 4.02. The van der Waals surface area contributed by atoms with Crippen molar-refractivity contribution in [2.75, 3.05) is 18.0 Å². The maximum absolute atomic E-state index is 12.3. The minimum atomic E-state index is -3.72. The van der Waals surface area contributed by atoms with Crippen LogP contribution >= 0.6 is 15.9 Å². The Balaban J connectivity index is 2.22. The van der Waals surface area contributed by atoms with Crippen LogP contribution in [0.2, 0.25) is 0 Å². The van der Waals surface area contributed by atoms with Gasteiger partial charge in [-0.3, -0.25) is 4.79 Å². The lowest BCUT2D eigenvalue weighted by atomic mass is 10.3. The number of hydrogen-bond acceptors (Lipinski definition) is 4. The quantitative estimate of drug-likeness (QED) is 0.812. The van der Waals surface area contributed by atoms with Crippen LogP contribution < -0.4 is 5.73 Å². The van der Waals surface area contributed by atoms with Crippen LogP contribution in [0.25, 0.3) is 0 Å². The van der Waals surface area contributed by atoms with Gasteiger partial charge < -0.3 is 10.6 Å². The monoisotopic (exact) mass is 360 g/mol. The molecule has 110 valence electrons. The maximum atomic E-state index is 12.3. The van der Waals surface area contributed by atoms with E-state index in [-0.39, 0.29) is 22.5 Å². The number of nitrogens with zero attached hydrogens (tertiary/aromatic N) is 1. The summed E-state index contributed by atoms with van der Waals surface area (Å²) < 4.78 is 25.3. The molecule has 7 heteroatoms. The zero-order valence-corrected chi connectivity index (χ0v) is 13.6. The van der Waals surface area contributed by atoms with Crippen molar-refractivity contribution in [2.45, 2.75) is 30.7 Å². The van der Waals surface area contributed by atoms with E-state index in [4.69, 9.17) is 5.73 Å². The van der Waals surface area contributed by atoms with Crippen molar-refractivity contribution < 1.29 is 13.2 Å². The van der Waals surface area contributed by atoms with Crippen LogP contribution in [0, 0.1) is 0 Å². The van der Waals surface area contributed by atoms with Gasteiger partial charge in [0.05, 0.1) is 10.6 Å². The Morgan fingerprint density at radius 2 is 2.10 bits per heavy atom. The highest BCUT2D eigenvalue weighted by atomic mass is 79.9. The minimum Gasteiger partial charge on any atom is -0.398 e. The van der Waals surface area contributed by atoms with Crippen LogP contribution in [-0.2, 0) is 14.6 Å². The molecule has 0 aromatic heterocycles. The topological polar surface area (TPSA) is 80.5 Å². The molecule has 1 aromatic rings. The van der Waals surface area contributed by atoms with Crippen molar-refractivity contribution in [1.82, 2.24) is 4.90 Å². The molecule has 1 aliphatic carbocycles. The molecule has 20 heavy (non-hydrogen) atoms. The normalized spacial score (nSPS) is 15.1. The lowest BCUT2D eigenvalue weighted by molar-refractivity contribution is -0.128. The average Bonchev–Trinajstić information content (AvgIpc) is 3.17. The van der Waals surface area contributed by atoms with E-state index < -0.39 is 15.6 Å². The molecule has 0 spiro atoms. The molecule has 0 saturated heterocycles. The third-order valence-electron chi connectivity index (χ3n) is 3.27. The molecule has 0 atom stereocenters. The van der Waals surface area contributed by atoms with Crippen molar-refractivity contribution in [3.63, 3.8) is 0 Å². The number of carbonyl (C=O) groups excluding carboxylic acids is 1. The number of hydrogen-bond donors (Lipinski definition) is 1. The van der Waals surface area contributed by atoms with E-state index in [0.717, 1.165) is 12.8 Å². The standard InChI is InChI=1S/C13H17BrN2O3S/c1-2-16(10-4-5-10)13(17)8-20(18,19)12-7-9(14)3-6-11(12)15/h3,6-7,10H,2,4-5,8,15H2,1H3. The first-order valence-corrected chi connectivity index (χ1v) is 8.87. The number of rotatable bonds is 5. The fraction of sp³-hybridized carbons (Fsp3) is 0.462. The molecule has 5 nitrogen and oxygen atoms in total. The second-order valence-corrected chi connectivity index (χ2v) is 7.73. The van der Waals surface area contributed by atoms with Gasteiger partial charge in [0.2, 0.25) is 5.91 Å². The molecule has 0 heterocycles. The summed E-state index contributed by atoms with van der Waals surface area (Å²) in [6, 6.07) is 4.83. The molecule has 2 N–H and O–H groups in total. The highest BCUT2D eigenvalue weighted by molar-refractivity contribution is 9.10. The Labute approximate surface area is 127 Å². The van der Waals surface area contributed by atoms with Crippen LogP contribution in [0.15, 0.2) is 27.6 Å². The van der Waals surface area contributed by atoms with Gasteiger partial charge in [-0.2, -0.15) is 0 Å². The smallest absolute Gasteiger partial charge is 0.238 e. The number of amides is 1. The number of nitrogens with two attached hydrogens (primary N) is 1. The number of halogens is 1. The highest BCUT2D eigenvalue weighted by Gasteiger charge is 2.34. The first kappa shape index (κ1) is 15.3. The molecule has 1 aliphatic rings. The van der Waals surface area contributed by atoms with Crippen molar-refractivity contribution >= 4 is 37.4 Å². The zero-order valence-electron chi connectivity index (χ0n) is 11.2. The van der Waals surface area contributed by atoms with Gasteiger partial charge in [0, 0.05) is 17.1 Å². The summed E-state index contributed by atoms with van der Waals surface area (Å²) in [5.41, 5.74) is 5.87. The van der Waals surface area contributed by atoms with Gasteiger partial charge >= 0.3 is 0 Å². The SMILES string of the molecule is CCN(C(=O)CS(=O)(=O)c1cc(Br)ccc1N)C1CC1. The van der Waals surface area contributed by atoms with Crippen LogP contribution in [0.5, 0.6) is 0 Å². The summed E-state index contributed by atoms with van der Waals surface area (Å²) in [6.07, 6.45) is 1.91. The molecule has 0 aliphatic heterocycles. The highest BCUT2D eigenvalue weighted by Crippen LogP contribution is 2.28. The largest absolute Gasteiger partial charge is 0.398 e. The van der Waals surface area contributed by atoms with Gasteiger partial charge in [0.15, 0.2) is 9.84 Å². The number of sulfone groups is 1. The first-order chi connectivity index (χ1) is 9.35. The Kier molecular flexibility index (Phi) is 4.39. The second-order valence-electron chi connectivity index (χ2n) is 4.85. The predicted molar refractivity (Wildman–Crippen MR) is 81.0 cm³/mol. The summed E-state index contributed by atoms with van der Waals surface area (Å²) in [7, 11) is -3.72. The lowest BCUT2D eigenvalue weighted by Crippen LogP contribution is -2.37. The number of anilines is 1. The van der Waals surface area contributed by atoms with E-state index in [0.29, 0.717) is 11.0 Å². The van der Waals surface area contributed by atoms with Gasteiger partial charge in [-0.05, 0) is 38.0 Å². The van der Waals surface area contributed by atoms with Gasteiger partial charge in [-0.15, -0.1) is 0 Å². The van der Waals surface area contributed by atoms with Gasteiger partial charge in [-0.1, -0.05) is 15.9 Å². The maximum Gasteiger partial charge on any atom is 0.238 e. The molecule has 2 rings (SSSR count). The Bertz CT molecular complexity index is 627. The number of nitrogen functional groups attached to an aromatic ring is 1. The van der Waals surface area contributed by atoms with Crippen molar-refractivity contribution in [1.29, 1.82) is 0 Å². The van der Waals surface area contributed by atoms with Gasteiger partial charge in [-0.25, -0.2) is 8.42 Å². The van der Waals surface area contributed by atoms with Gasteiger partial charge in [0.25, 0.3) is 0 Å². The fourth-order valence-electron chi connectivity index (χ4n) is 2.13. The molecule has 1 fully saturated rings. The van der Waals surface area contributed by atoms with Crippen molar-refractivity contribution in [3.8, 4) is 0 Å². The van der Waals surface area contributed by atoms with Crippen LogP contribution in [0.3, 0.4) is 0 Å². The Hall–Kier alpha value is -1.08. The Morgan fingerprint density at radius 3 is 2.65 bits per heavy atom. The molecule has 1 saturated carbocycles. The van der Waals surface area contributed by atoms with E-state index in [1.54, 1.807) is 11.0 Å². The number of carbonyl (C=O) groups is 1. The molecule has 1 aromatic carbocycles. The van der Waals surface area contributed by atoms with Crippen LogP contribution in [-0.4, -0.2) is 37.6 Å². The Morgan fingerprint density at radius 1 is 1.45 bits per heavy atom. The average molecular weight is 361 g/mol. The molecule has 0 radical (unpaired) electrons. The van der Waals surface area contributed by atoms with Crippen molar-refractivity contribution in [3.05, 3.63) is 22.7 Å². The summed E-state index contributed by atoms with van der Waals surface area (Å²) in [5.74, 6) is -0.882. The molecule has 1 amide bonds. The van der Waals surface area contributed by atoms with E-state index in [1.807, 2.05) is 6.92 Å². The molecular weight excluding hydrogens is 344 g/mol. The summed E-state index contributed by atoms with van der Waals surface area (Å²) in [4.78, 5) is 13.8. The molecule has 0 bridgehead atoms. The summed E-state index contributed by atoms with van der Waals surface area (Å²) in [6.45, 7) is 2.39. The third-order valence-corrected chi connectivity index (χ3v) is 5.42. The lowest BCUT2D eigenvalue weighted by Gasteiger charge is -2.20. The van der Waals surface area contributed by atoms with Gasteiger partial charge in [0.1, 0.15) is 5.75 Å². The van der Waals surface area contributed by atoms with E-state index in [2.05, 4.69) is 15.9 Å². The second kappa shape index (κ2) is 5.73. The first-order valence-electron chi connectivity index (χ1n) is 6.42. The third kappa shape index (κ3) is 3.32. The zero-order chi connectivity index (χ0) is 14.9. The van der Waals surface area contributed by atoms with Crippen molar-refractivity contribution in [2.24, 2.45) is 0 Å². The predicted octanol–water partition coefficient (Wildman–Crippen LogP) is 1.82. The molecular formula is C13H17BrN2O3S. The number of benzene rings is 1. The molecule has 0 unspecified atom stereocenters. The summed E-state index contributed by atoms with van der Waals surface area (Å²) in [5, 5.41) is 0. The van der Waals surface area contributed by atoms with E-state index in [1.165, 1.54) is 12.1 Å².